The molecule has 1 unspecified atom stereocenters. The lowest BCUT2D eigenvalue weighted by Crippen LogP contribution is -2.31. The molecule has 0 saturated carbocycles. The monoisotopic (exact) mass is 298 g/mol. The zero-order chi connectivity index (χ0) is 16.1. The van der Waals surface area contributed by atoms with E-state index in [1.165, 1.54) is 0 Å². The molecule has 0 saturated heterocycles. The summed E-state index contributed by atoms with van der Waals surface area (Å²) in [5, 5.41) is 2.69. The third kappa shape index (κ3) is 3.63. The Morgan fingerprint density at radius 3 is 2.41 bits per heavy atom. The van der Waals surface area contributed by atoms with Gasteiger partial charge in [-0.1, -0.05) is 30.3 Å². The molecule has 5 nitrogen and oxygen atoms in total. The lowest BCUT2D eigenvalue weighted by atomic mass is 10.1. The zero-order valence-corrected chi connectivity index (χ0v) is 12.5. The lowest BCUT2D eigenvalue weighted by Gasteiger charge is -2.16. The number of amides is 2. The maximum Gasteiger partial charge on any atom is 0.265 e. The summed E-state index contributed by atoms with van der Waals surface area (Å²) in [6, 6.07) is 14.2. The summed E-state index contributed by atoms with van der Waals surface area (Å²) in [7, 11) is 0. The normalized spacial score (nSPS) is 11.5. The van der Waals surface area contributed by atoms with Crippen LogP contribution < -0.4 is 15.8 Å². The first-order valence-electron chi connectivity index (χ1n) is 6.91. The van der Waals surface area contributed by atoms with Crippen LogP contribution in [0.15, 0.2) is 48.5 Å². The lowest BCUT2D eigenvalue weighted by molar-refractivity contribution is -0.122. The highest BCUT2D eigenvalue weighted by molar-refractivity contribution is 6.04. The number of primary amides is 1. The molecule has 0 radical (unpaired) electrons. The van der Waals surface area contributed by atoms with Gasteiger partial charge in [-0.05, 0) is 37.6 Å². The van der Waals surface area contributed by atoms with Crippen molar-refractivity contribution in [3.63, 3.8) is 0 Å². The van der Waals surface area contributed by atoms with Gasteiger partial charge in [0, 0.05) is 0 Å². The number of aryl methyl sites for hydroxylation is 1. The average Bonchev–Trinajstić information content (AvgIpc) is 2.47. The van der Waals surface area contributed by atoms with Crippen LogP contribution in [0.4, 0.5) is 5.69 Å². The van der Waals surface area contributed by atoms with Gasteiger partial charge in [-0.25, -0.2) is 0 Å². The highest BCUT2D eigenvalue weighted by Crippen LogP contribution is 2.20. The Kier molecular flexibility index (Phi) is 4.78. The van der Waals surface area contributed by atoms with E-state index in [-0.39, 0.29) is 5.91 Å². The number of hydrogen-bond acceptors (Lipinski definition) is 3. The van der Waals surface area contributed by atoms with E-state index in [4.69, 9.17) is 10.5 Å². The smallest absolute Gasteiger partial charge is 0.265 e. The number of carbonyl (C=O) groups excluding carboxylic acids is 2. The van der Waals surface area contributed by atoms with Crippen LogP contribution in [0.1, 0.15) is 22.8 Å². The van der Waals surface area contributed by atoms with Crippen LogP contribution in [0, 0.1) is 6.92 Å². The van der Waals surface area contributed by atoms with E-state index in [0.717, 1.165) is 0 Å². The zero-order valence-electron chi connectivity index (χ0n) is 12.5. The van der Waals surface area contributed by atoms with Gasteiger partial charge >= 0.3 is 0 Å². The Hall–Kier alpha value is -2.82. The van der Waals surface area contributed by atoms with Gasteiger partial charge in [0.1, 0.15) is 5.75 Å². The molecule has 3 N–H and O–H groups in total. The van der Waals surface area contributed by atoms with E-state index in [1.54, 1.807) is 44.2 Å². The highest BCUT2D eigenvalue weighted by Gasteiger charge is 2.18. The molecule has 5 heteroatoms. The minimum Gasteiger partial charge on any atom is -0.481 e. The van der Waals surface area contributed by atoms with Crippen LogP contribution >= 0.6 is 0 Å². The van der Waals surface area contributed by atoms with Gasteiger partial charge in [0.15, 0.2) is 6.10 Å². The molecule has 0 aromatic heterocycles. The van der Waals surface area contributed by atoms with E-state index in [2.05, 4.69) is 5.32 Å². The summed E-state index contributed by atoms with van der Waals surface area (Å²) in [4.78, 5) is 23.7. The standard InChI is InChI=1S/C17H18N2O3/c1-11-7-6-10-14(15(11)16(18)20)19-17(21)12(2)22-13-8-4-3-5-9-13/h3-10,12H,1-2H3,(H2,18,20)(H,19,21). The number of ether oxygens (including phenoxy) is 1. The molecule has 114 valence electrons. The summed E-state index contributed by atoms with van der Waals surface area (Å²) < 4.78 is 5.55. The van der Waals surface area contributed by atoms with E-state index in [9.17, 15) is 9.59 Å². The molecular formula is C17H18N2O3. The molecule has 0 bridgehead atoms. The van der Waals surface area contributed by atoms with Crippen molar-refractivity contribution < 1.29 is 14.3 Å². The molecule has 0 fully saturated rings. The summed E-state index contributed by atoms with van der Waals surface area (Å²) in [6.07, 6.45) is -0.705. The van der Waals surface area contributed by atoms with Gasteiger partial charge in [-0.2, -0.15) is 0 Å². The predicted octanol–water partition coefficient (Wildman–Crippen LogP) is 2.50. The molecule has 0 aliphatic carbocycles. The van der Waals surface area contributed by atoms with Crippen molar-refractivity contribution in [1.29, 1.82) is 0 Å². The van der Waals surface area contributed by atoms with E-state index >= 15 is 0 Å². The fourth-order valence-corrected chi connectivity index (χ4v) is 2.09. The van der Waals surface area contributed by atoms with Crippen molar-refractivity contribution in [1.82, 2.24) is 0 Å². The molecular weight excluding hydrogens is 280 g/mol. The van der Waals surface area contributed by atoms with Crippen LogP contribution in [0.5, 0.6) is 5.75 Å². The van der Waals surface area contributed by atoms with Gasteiger partial charge in [-0.3, -0.25) is 9.59 Å². The molecule has 0 aliphatic heterocycles. The first-order valence-corrected chi connectivity index (χ1v) is 6.91. The maximum absolute atomic E-state index is 12.2. The molecule has 2 aromatic carbocycles. The fourth-order valence-electron chi connectivity index (χ4n) is 2.09. The second-order valence-corrected chi connectivity index (χ2v) is 4.92. The van der Waals surface area contributed by atoms with Crippen molar-refractivity contribution in [2.24, 2.45) is 5.73 Å². The Labute approximate surface area is 129 Å². The van der Waals surface area contributed by atoms with Crippen molar-refractivity contribution in [2.75, 3.05) is 5.32 Å². The largest absolute Gasteiger partial charge is 0.481 e. The Morgan fingerprint density at radius 1 is 1.09 bits per heavy atom. The van der Waals surface area contributed by atoms with E-state index in [0.29, 0.717) is 22.6 Å². The second kappa shape index (κ2) is 6.76. The summed E-state index contributed by atoms with van der Waals surface area (Å²) in [5.74, 6) is -0.327. The minimum absolute atomic E-state index is 0.308. The average molecular weight is 298 g/mol. The van der Waals surface area contributed by atoms with Crippen LogP contribution in [0.3, 0.4) is 0 Å². The number of anilines is 1. The number of carbonyl (C=O) groups is 2. The Bertz CT molecular complexity index is 684. The third-order valence-corrected chi connectivity index (χ3v) is 3.20. The number of nitrogens with two attached hydrogens (primary N) is 1. The number of hydrogen-bond donors (Lipinski definition) is 2. The minimum atomic E-state index is -0.705. The summed E-state index contributed by atoms with van der Waals surface area (Å²) in [6.45, 7) is 3.40. The Balaban J connectivity index is 2.12. The van der Waals surface area contributed by atoms with Gasteiger partial charge in [0.25, 0.3) is 11.8 Å². The van der Waals surface area contributed by atoms with E-state index in [1.807, 2.05) is 18.2 Å². The summed E-state index contributed by atoms with van der Waals surface area (Å²) >= 11 is 0. The molecule has 0 spiro atoms. The number of benzene rings is 2. The SMILES string of the molecule is Cc1cccc(NC(=O)C(C)Oc2ccccc2)c1C(N)=O. The van der Waals surface area contributed by atoms with Crippen molar-refractivity contribution >= 4 is 17.5 Å². The maximum atomic E-state index is 12.2. The highest BCUT2D eigenvalue weighted by atomic mass is 16.5. The van der Waals surface area contributed by atoms with Gasteiger partial charge < -0.3 is 15.8 Å². The molecule has 22 heavy (non-hydrogen) atoms. The van der Waals surface area contributed by atoms with Gasteiger partial charge in [-0.15, -0.1) is 0 Å². The first kappa shape index (κ1) is 15.6. The number of para-hydroxylation sites is 1. The van der Waals surface area contributed by atoms with Crippen molar-refractivity contribution in [3.8, 4) is 5.75 Å². The molecule has 2 aromatic rings. The quantitative estimate of drug-likeness (QED) is 0.889. The van der Waals surface area contributed by atoms with Crippen LogP contribution in [-0.4, -0.2) is 17.9 Å². The van der Waals surface area contributed by atoms with Crippen molar-refractivity contribution in [2.45, 2.75) is 20.0 Å². The predicted molar refractivity (Wildman–Crippen MR) is 84.9 cm³/mol. The molecule has 0 aliphatic rings. The Morgan fingerprint density at radius 2 is 1.77 bits per heavy atom. The molecule has 0 heterocycles. The fraction of sp³-hybridized carbons (Fsp3) is 0.176. The number of rotatable bonds is 5. The van der Waals surface area contributed by atoms with Gasteiger partial charge in [0.2, 0.25) is 0 Å². The summed E-state index contributed by atoms with van der Waals surface area (Å²) in [5.41, 5.74) is 6.78. The van der Waals surface area contributed by atoms with E-state index < -0.39 is 12.0 Å². The molecule has 1 atom stereocenters. The first-order chi connectivity index (χ1) is 10.5. The second-order valence-electron chi connectivity index (χ2n) is 4.92. The van der Waals surface area contributed by atoms with Crippen LogP contribution in [0.2, 0.25) is 0 Å². The topological polar surface area (TPSA) is 81.4 Å². The van der Waals surface area contributed by atoms with Crippen LogP contribution in [0.25, 0.3) is 0 Å². The molecule has 2 amide bonds. The van der Waals surface area contributed by atoms with Gasteiger partial charge in [0.05, 0.1) is 11.3 Å². The molecule has 2 rings (SSSR count). The number of nitrogens with one attached hydrogen (secondary N) is 1. The van der Waals surface area contributed by atoms with Crippen LogP contribution in [-0.2, 0) is 4.79 Å². The third-order valence-electron chi connectivity index (χ3n) is 3.20. The van der Waals surface area contributed by atoms with Crippen molar-refractivity contribution in [3.05, 3.63) is 59.7 Å².